The van der Waals surface area contributed by atoms with E-state index in [0.29, 0.717) is 5.92 Å². The van der Waals surface area contributed by atoms with E-state index in [-0.39, 0.29) is 0 Å². The van der Waals surface area contributed by atoms with Crippen molar-refractivity contribution in [2.45, 2.75) is 239 Å². The Hall–Kier alpha value is -0.250. The Kier molecular flexibility index (Phi) is 49.6. The van der Waals surface area contributed by atoms with Gasteiger partial charge in [0.2, 0.25) is 0 Å². The molecule has 0 aliphatic heterocycles. The van der Waals surface area contributed by atoms with Crippen LogP contribution in [0.4, 0.5) is 0 Å². The van der Waals surface area contributed by atoms with Crippen molar-refractivity contribution in [2.24, 2.45) is 11.7 Å². The van der Waals surface area contributed by atoms with Crippen molar-refractivity contribution in [1.29, 1.82) is 0 Å². The van der Waals surface area contributed by atoms with Crippen molar-refractivity contribution >= 4 is 10.4 Å². The van der Waals surface area contributed by atoms with Gasteiger partial charge in [-0.05, 0) is 25.8 Å². The Morgan fingerprint density at radius 3 is 0.796 bits per heavy atom. The van der Waals surface area contributed by atoms with Gasteiger partial charge in [-0.2, -0.15) is 13.5 Å². The largest absolute Gasteiger partial charge is 0.394 e. The highest BCUT2D eigenvalue weighted by Crippen LogP contribution is 2.21. The van der Waals surface area contributed by atoms with Crippen LogP contribution in [0.1, 0.15) is 239 Å². The average molecular weight is 723 g/mol. The molecule has 0 aliphatic rings. The van der Waals surface area contributed by atoms with Gasteiger partial charge in [-0.25, -0.2) is 0 Å². The molecule has 0 aromatic heterocycles. The van der Waals surface area contributed by atoms with Gasteiger partial charge in [-0.1, -0.05) is 226 Å². The monoisotopic (exact) mass is 723 g/mol. The van der Waals surface area contributed by atoms with Crippen LogP contribution in [0.25, 0.3) is 0 Å². The highest BCUT2D eigenvalue weighted by atomic mass is 32.3. The van der Waals surface area contributed by atoms with Gasteiger partial charge in [0.05, 0.1) is 0 Å². The first-order valence-electron chi connectivity index (χ1n) is 21.5. The van der Waals surface area contributed by atoms with Gasteiger partial charge in [0.25, 0.3) is 0 Å². The molecule has 5 N–H and O–H groups in total. The maximum atomic E-state index is 10.1. The summed E-state index contributed by atoms with van der Waals surface area (Å²) in [6.45, 7) is 8.32. The van der Waals surface area contributed by atoms with Gasteiger partial charge in [-0.3, -0.25) is 9.11 Å². The molecular weight excluding hydrogens is 633 g/mol. The Morgan fingerprint density at radius 2 is 0.612 bits per heavy atom. The van der Waals surface area contributed by atoms with Crippen molar-refractivity contribution in [3.05, 3.63) is 0 Å². The zero-order chi connectivity index (χ0) is 37.1. The van der Waals surface area contributed by atoms with Gasteiger partial charge in [0.1, 0.15) is 0 Å². The number of hydrogen-bond donors (Lipinski definition) is 4. The lowest BCUT2D eigenvalue weighted by Crippen LogP contribution is -2.26. The summed E-state index contributed by atoms with van der Waals surface area (Å²) in [5.41, 5.74) is 4.50. The average Bonchev–Trinajstić information content (AvgIpc) is 3.07. The van der Waals surface area contributed by atoms with Gasteiger partial charge >= 0.3 is 10.4 Å². The first kappa shape index (κ1) is 53.1. The summed E-state index contributed by atoms with van der Waals surface area (Å²) in [6, 6.07) is 0. The molecule has 0 heterocycles. The van der Waals surface area contributed by atoms with Gasteiger partial charge in [0, 0.05) is 13.1 Å². The normalized spacial score (nSPS) is 11.5. The lowest BCUT2D eigenvalue weighted by Gasteiger charge is -2.21. The second-order valence-electron chi connectivity index (χ2n) is 14.5. The van der Waals surface area contributed by atoms with E-state index in [2.05, 4.69) is 26.5 Å². The third-order valence-corrected chi connectivity index (χ3v) is 9.77. The van der Waals surface area contributed by atoms with Crippen molar-refractivity contribution in [3.63, 3.8) is 0 Å². The molecule has 0 rings (SSSR count). The first-order chi connectivity index (χ1) is 23.7. The second kappa shape index (κ2) is 45.8. The van der Waals surface area contributed by atoms with Crippen LogP contribution in [0.15, 0.2) is 0 Å². The number of nitrogens with zero attached hydrogens (tertiary/aromatic N) is 1. The molecule has 0 unspecified atom stereocenters. The number of rotatable bonds is 37. The summed E-state index contributed by atoms with van der Waals surface area (Å²) >= 11 is 0. The predicted octanol–water partition coefficient (Wildman–Crippen LogP) is 13.5. The highest BCUT2D eigenvalue weighted by molar-refractivity contribution is 7.79. The van der Waals surface area contributed by atoms with E-state index in [1.165, 1.54) is 225 Å². The van der Waals surface area contributed by atoms with Crippen molar-refractivity contribution < 1.29 is 22.7 Å². The minimum absolute atomic E-state index is 0.688. The maximum absolute atomic E-state index is 10.1. The van der Waals surface area contributed by atoms with Crippen LogP contribution < -0.4 is 5.73 Å². The van der Waals surface area contributed by atoms with Crippen LogP contribution in [0.2, 0.25) is 0 Å². The lowest BCUT2D eigenvalue weighted by atomic mass is 9.93. The smallest absolute Gasteiger partial charge is 0.333 e. The topological polar surface area (TPSA) is 124 Å². The molecule has 0 aromatic carbocycles. The van der Waals surface area contributed by atoms with Gasteiger partial charge < -0.3 is 10.9 Å². The molecule has 0 spiro atoms. The van der Waals surface area contributed by atoms with E-state index in [1.807, 2.05) is 0 Å². The SMILES string of the molecule is CCCCCCCCCCCCCCCCCCC(CCCCCCCCCCCCCCCCCC)CN(O)CC.CN.O=S(=O)(O)O. The molecule has 0 atom stereocenters. The minimum atomic E-state index is -4.67. The summed E-state index contributed by atoms with van der Waals surface area (Å²) in [5.74, 6) is 0.688. The van der Waals surface area contributed by atoms with Crippen LogP contribution in [0.3, 0.4) is 0 Å². The molecule has 300 valence electrons. The van der Waals surface area contributed by atoms with Crippen LogP contribution >= 0.6 is 0 Å². The maximum Gasteiger partial charge on any atom is 0.394 e. The van der Waals surface area contributed by atoms with Crippen LogP contribution in [0, 0.1) is 5.92 Å². The summed E-state index contributed by atoms with van der Waals surface area (Å²) < 4.78 is 31.6. The summed E-state index contributed by atoms with van der Waals surface area (Å²) in [5, 5.41) is 11.7. The fraction of sp³-hybridized carbons (Fsp3) is 1.00. The quantitative estimate of drug-likeness (QED) is 0.0286. The van der Waals surface area contributed by atoms with Crippen LogP contribution in [0.5, 0.6) is 0 Å². The summed E-state index contributed by atoms with van der Waals surface area (Å²) in [4.78, 5) is 0. The molecule has 0 aromatic rings. The molecule has 0 fully saturated rings. The molecule has 8 heteroatoms. The Balaban J connectivity index is -0.00000275. The molecule has 0 radical (unpaired) electrons. The lowest BCUT2D eigenvalue weighted by molar-refractivity contribution is -0.0983. The van der Waals surface area contributed by atoms with E-state index in [1.54, 1.807) is 5.06 Å². The number of nitrogens with two attached hydrogens (primary N) is 1. The Morgan fingerprint density at radius 1 is 0.429 bits per heavy atom. The molecule has 0 aliphatic carbocycles. The van der Waals surface area contributed by atoms with E-state index in [4.69, 9.17) is 17.5 Å². The highest BCUT2D eigenvalue weighted by Gasteiger charge is 2.12. The fourth-order valence-corrected chi connectivity index (χ4v) is 6.72. The summed E-state index contributed by atoms with van der Waals surface area (Å²) in [7, 11) is -3.17. The third kappa shape index (κ3) is 57.3. The fourth-order valence-electron chi connectivity index (χ4n) is 6.72. The molecule has 0 bridgehead atoms. The Bertz CT molecular complexity index is 637. The number of hydrogen-bond acceptors (Lipinski definition) is 5. The number of unbranched alkanes of at least 4 members (excludes halogenated alkanes) is 30. The van der Waals surface area contributed by atoms with Crippen molar-refractivity contribution in [2.75, 3.05) is 20.1 Å². The molecule has 0 saturated carbocycles. The predicted molar refractivity (Wildman–Crippen MR) is 215 cm³/mol. The number of hydroxylamine groups is 2. The van der Waals surface area contributed by atoms with Gasteiger partial charge in [0.15, 0.2) is 0 Å². The Labute approximate surface area is 308 Å². The molecule has 0 amide bonds. The van der Waals surface area contributed by atoms with Crippen molar-refractivity contribution in [1.82, 2.24) is 5.06 Å². The van der Waals surface area contributed by atoms with E-state index in [9.17, 15) is 5.21 Å². The first-order valence-corrected chi connectivity index (χ1v) is 22.9. The zero-order valence-corrected chi connectivity index (χ0v) is 34.4. The summed E-state index contributed by atoms with van der Waals surface area (Å²) in [6.07, 6.45) is 48.6. The second-order valence-corrected chi connectivity index (χ2v) is 15.4. The standard InChI is InChI=1S/C40H83NO.CH5N.H2O4S/c1-4-7-9-11-13-15-17-19-21-23-25-27-29-31-33-35-37-40(39-41(42)6-3)38-36-34-32-30-28-26-24-22-20-18-16-14-12-10-8-5-2;1-2;1-5(2,3)4/h40,42H,4-39H2,1-3H3;2H2,1H3;(H2,1,2,3,4). The third-order valence-electron chi connectivity index (χ3n) is 9.77. The van der Waals surface area contributed by atoms with Gasteiger partial charge in [-0.15, -0.1) is 0 Å². The van der Waals surface area contributed by atoms with E-state index in [0.717, 1.165) is 13.1 Å². The van der Waals surface area contributed by atoms with Crippen LogP contribution in [-0.2, 0) is 10.4 Å². The zero-order valence-electron chi connectivity index (χ0n) is 33.6. The minimum Gasteiger partial charge on any atom is -0.333 e. The molecule has 7 nitrogen and oxygen atoms in total. The molecular formula is C41H90N2O5S. The molecule has 49 heavy (non-hydrogen) atoms. The van der Waals surface area contributed by atoms with Crippen LogP contribution in [-0.4, -0.2) is 47.9 Å². The molecule has 0 saturated heterocycles. The van der Waals surface area contributed by atoms with Crippen molar-refractivity contribution in [3.8, 4) is 0 Å². The van der Waals surface area contributed by atoms with E-state index >= 15 is 0 Å². The van der Waals surface area contributed by atoms with E-state index < -0.39 is 10.4 Å².